The molecule has 0 unspecified atom stereocenters. The van der Waals surface area contributed by atoms with Gasteiger partial charge in [-0.2, -0.15) is 0 Å². The van der Waals surface area contributed by atoms with Gasteiger partial charge in [-0.1, -0.05) is 12.8 Å². The molecule has 28 heavy (non-hydrogen) atoms. The lowest BCUT2D eigenvalue weighted by Gasteiger charge is -2.53. The molecule has 156 valence electrons. The van der Waals surface area contributed by atoms with Crippen molar-refractivity contribution in [3.63, 3.8) is 0 Å². The fourth-order valence-corrected chi connectivity index (χ4v) is 4.14. The van der Waals surface area contributed by atoms with E-state index in [0.717, 1.165) is 18.6 Å². The highest BCUT2D eigenvalue weighted by atomic mass is 16.7. The van der Waals surface area contributed by atoms with Gasteiger partial charge < -0.3 is 29.3 Å². The van der Waals surface area contributed by atoms with E-state index in [4.69, 9.17) is 14.2 Å². The molecule has 1 aromatic heterocycles. The second-order valence-electron chi connectivity index (χ2n) is 7.45. The lowest BCUT2D eigenvalue weighted by atomic mass is 9.79. The number of methoxy groups -OCH3 is 1. The van der Waals surface area contributed by atoms with Crippen molar-refractivity contribution >= 4 is 5.91 Å². The molecule has 1 aliphatic heterocycles. The average molecular weight is 394 g/mol. The van der Waals surface area contributed by atoms with Crippen LogP contribution in [0.1, 0.15) is 44.2 Å². The molecule has 1 aromatic rings. The maximum Gasteiger partial charge on any atom is 0.259 e. The molecule has 2 fully saturated rings. The molecule has 2 aliphatic rings. The van der Waals surface area contributed by atoms with Crippen molar-refractivity contribution in [3.05, 3.63) is 24.0 Å². The van der Waals surface area contributed by atoms with Crippen LogP contribution in [0.5, 0.6) is 5.75 Å². The minimum atomic E-state index is -1.30. The van der Waals surface area contributed by atoms with E-state index in [2.05, 4.69) is 4.98 Å². The molecule has 1 saturated carbocycles. The lowest BCUT2D eigenvalue weighted by molar-refractivity contribution is -0.236. The second kappa shape index (κ2) is 9.65. The van der Waals surface area contributed by atoms with Gasteiger partial charge in [-0.05, 0) is 31.7 Å². The quantitative estimate of drug-likeness (QED) is 0.369. The summed E-state index contributed by atoms with van der Waals surface area (Å²) < 4.78 is 16.8. The van der Waals surface area contributed by atoms with Crippen molar-refractivity contribution in [1.82, 2.24) is 9.88 Å². The number of nitrogens with zero attached hydrogens (tertiary/aromatic N) is 2. The first-order valence-electron chi connectivity index (χ1n) is 9.92. The largest absolute Gasteiger partial charge is 0.490 e. The van der Waals surface area contributed by atoms with Crippen molar-refractivity contribution in [3.8, 4) is 5.75 Å². The third-order valence-electron chi connectivity index (χ3n) is 5.63. The Morgan fingerprint density at radius 3 is 2.64 bits per heavy atom. The Morgan fingerprint density at radius 2 is 2.00 bits per heavy atom. The zero-order valence-corrected chi connectivity index (χ0v) is 16.4. The first-order chi connectivity index (χ1) is 13.6. The number of likely N-dealkylation sites (tertiary alicyclic amines) is 1. The fourth-order valence-electron chi connectivity index (χ4n) is 4.14. The Hall–Kier alpha value is -1.74. The highest BCUT2D eigenvalue weighted by Gasteiger charge is 2.61. The number of hydrogen-bond donors (Lipinski definition) is 2. The minimum absolute atomic E-state index is 0.0974. The number of amides is 1. The molecule has 3 rings (SSSR count). The molecule has 1 amide bonds. The van der Waals surface area contributed by atoms with Gasteiger partial charge >= 0.3 is 0 Å². The number of aliphatic hydroxyl groups is 2. The zero-order chi connectivity index (χ0) is 20.0. The molecule has 0 radical (unpaired) electrons. The molecule has 2 heterocycles. The molecular weight excluding hydrogens is 364 g/mol. The number of ether oxygens (including phenoxy) is 3. The van der Waals surface area contributed by atoms with Gasteiger partial charge in [-0.25, -0.2) is 0 Å². The topological polar surface area (TPSA) is 101 Å². The van der Waals surface area contributed by atoms with Crippen LogP contribution in [0.15, 0.2) is 18.3 Å². The standard InChI is InChI=1S/C20H30N2O6/c1-26-14-27-20(18(12-23)22(13-24)19(20)25)11-15-10-17(8-9-21-15)28-16-6-4-2-3-5-7-16/h8-10,16,18,23-24H,2-7,11-14H2,1H3/t18-,20+/m0/s1. The van der Waals surface area contributed by atoms with Crippen molar-refractivity contribution in [2.24, 2.45) is 0 Å². The molecule has 1 aliphatic carbocycles. The predicted molar refractivity (Wildman–Crippen MR) is 101 cm³/mol. The SMILES string of the molecule is COCO[C@@]1(Cc2cc(OC3CCCCCC3)ccn2)C(=O)N(CO)[C@H]1CO. The van der Waals surface area contributed by atoms with Crippen LogP contribution in [0.2, 0.25) is 0 Å². The maximum atomic E-state index is 12.6. The molecular formula is C20H30N2O6. The van der Waals surface area contributed by atoms with Crippen molar-refractivity contribution in [2.75, 3.05) is 27.2 Å². The third-order valence-corrected chi connectivity index (χ3v) is 5.63. The second-order valence-corrected chi connectivity index (χ2v) is 7.45. The molecule has 2 N–H and O–H groups in total. The Bertz CT molecular complexity index is 649. The molecule has 8 heteroatoms. The summed E-state index contributed by atoms with van der Waals surface area (Å²) in [6.07, 6.45) is 9.01. The summed E-state index contributed by atoms with van der Waals surface area (Å²) in [6, 6.07) is 2.99. The normalized spacial score (nSPS) is 26.0. The highest BCUT2D eigenvalue weighted by molar-refractivity contribution is 5.93. The van der Waals surface area contributed by atoms with Crippen LogP contribution in [0.3, 0.4) is 0 Å². The van der Waals surface area contributed by atoms with Gasteiger partial charge in [0.05, 0.1) is 18.8 Å². The van der Waals surface area contributed by atoms with Crippen LogP contribution in [0.25, 0.3) is 0 Å². The summed E-state index contributed by atoms with van der Waals surface area (Å²) in [5.74, 6) is 0.341. The van der Waals surface area contributed by atoms with Crippen molar-refractivity contribution < 1.29 is 29.2 Å². The Kier molecular flexibility index (Phi) is 7.23. The number of pyridine rings is 1. The number of carbonyl (C=O) groups excluding carboxylic acids is 1. The average Bonchev–Trinajstić information content (AvgIpc) is 2.97. The zero-order valence-electron chi connectivity index (χ0n) is 16.4. The highest BCUT2D eigenvalue weighted by Crippen LogP contribution is 2.37. The molecule has 0 spiro atoms. The van der Waals surface area contributed by atoms with Crippen LogP contribution in [-0.4, -0.2) is 71.0 Å². The Balaban J connectivity index is 1.75. The van der Waals surface area contributed by atoms with E-state index in [1.165, 1.54) is 37.7 Å². The van der Waals surface area contributed by atoms with E-state index in [0.29, 0.717) is 5.69 Å². The van der Waals surface area contributed by atoms with Crippen LogP contribution in [0.4, 0.5) is 0 Å². The minimum Gasteiger partial charge on any atom is -0.490 e. The predicted octanol–water partition coefficient (Wildman–Crippen LogP) is 1.24. The van der Waals surface area contributed by atoms with E-state index in [-0.39, 0.29) is 31.8 Å². The van der Waals surface area contributed by atoms with Crippen LogP contribution in [0, 0.1) is 0 Å². The van der Waals surface area contributed by atoms with Gasteiger partial charge in [-0.15, -0.1) is 0 Å². The van der Waals surface area contributed by atoms with Gasteiger partial charge in [0.25, 0.3) is 5.91 Å². The van der Waals surface area contributed by atoms with E-state index in [1.54, 1.807) is 6.20 Å². The number of carbonyl (C=O) groups is 1. The summed E-state index contributed by atoms with van der Waals surface area (Å²) in [7, 11) is 1.47. The van der Waals surface area contributed by atoms with E-state index >= 15 is 0 Å². The maximum absolute atomic E-state index is 12.6. The van der Waals surface area contributed by atoms with Gasteiger partial charge in [0.1, 0.15) is 19.3 Å². The summed E-state index contributed by atoms with van der Waals surface area (Å²) in [6.45, 7) is -0.894. The van der Waals surface area contributed by atoms with Crippen LogP contribution in [-0.2, 0) is 20.7 Å². The fraction of sp³-hybridized carbons (Fsp3) is 0.700. The van der Waals surface area contributed by atoms with Gasteiger partial charge in [0.15, 0.2) is 5.60 Å². The molecule has 1 saturated heterocycles. The van der Waals surface area contributed by atoms with Gasteiger partial charge in [-0.3, -0.25) is 9.78 Å². The number of β-lactam (4-membered cyclic amide) rings is 1. The molecule has 2 atom stereocenters. The molecule has 0 bridgehead atoms. The van der Waals surface area contributed by atoms with Gasteiger partial charge in [0.2, 0.25) is 0 Å². The van der Waals surface area contributed by atoms with E-state index in [1.807, 2.05) is 12.1 Å². The third kappa shape index (κ3) is 4.30. The monoisotopic (exact) mass is 394 g/mol. The van der Waals surface area contributed by atoms with Crippen LogP contribution < -0.4 is 4.74 Å². The smallest absolute Gasteiger partial charge is 0.259 e. The summed E-state index contributed by atoms with van der Waals surface area (Å²) in [4.78, 5) is 18.2. The number of aromatic nitrogens is 1. The summed E-state index contributed by atoms with van der Waals surface area (Å²) >= 11 is 0. The molecule has 8 nitrogen and oxygen atoms in total. The summed E-state index contributed by atoms with van der Waals surface area (Å²) in [5, 5.41) is 19.1. The number of rotatable bonds is 9. The van der Waals surface area contributed by atoms with Gasteiger partial charge in [0, 0.05) is 31.5 Å². The summed E-state index contributed by atoms with van der Waals surface area (Å²) in [5.41, 5.74) is -0.673. The lowest BCUT2D eigenvalue weighted by Crippen LogP contribution is -2.77. The molecule has 0 aromatic carbocycles. The Morgan fingerprint density at radius 1 is 1.25 bits per heavy atom. The first kappa shape index (κ1) is 21.0. The first-order valence-corrected chi connectivity index (χ1v) is 9.92. The van der Waals surface area contributed by atoms with Crippen molar-refractivity contribution in [2.45, 2.75) is 62.7 Å². The van der Waals surface area contributed by atoms with E-state index < -0.39 is 18.4 Å². The number of hydrogen-bond acceptors (Lipinski definition) is 7. The van der Waals surface area contributed by atoms with Crippen LogP contribution >= 0.6 is 0 Å². The number of aliphatic hydroxyl groups excluding tert-OH is 2. The van der Waals surface area contributed by atoms with E-state index in [9.17, 15) is 15.0 Å². The Labute approximate surface area is 165 Å². The van der Waals surface area contributed by atoms with Crippen molar-refractivity contribution in [1.29, 1.82) is 0 Å².